The lowest BCUT2D eigenvalue weighted by atomic mass is 9.98. The van der Waals surface area contributed by atoms with Gasteiger partial charge >= 0.3 is 12.3 Å². The van der Waals surface area contributed by atoms with Crippen LogP contribution in [0.15, 0.2) is 48.5 Å². The zero-order chi connectivity index (χ0) is 30.1. The van der Waals surface area contributed by atoms with E-state index < -0.39 is 53.1 Å². The second kappa shape index (κ2) is 11.7. The Hall–Kier alpha value is -4.19. The monoisotopic (exact) mass is 578 g/mol. The quantitative estimate of drug-likeness (QED) is 0.234. The van der Waals surface area contributed by atoms with Crippen molar-refractivity contribution in [2.75, 3.05) is 5.32 Å². The fourth-order valence-corrected chi connectivity index (χ4v) is 4.44. The zero-order valence-corrected chi connectivity index (χ0v) is 22.0. The van der Waals surface area contributed by atoms with Gasteiger partial charge in [0.2, 0.25) is 0 Å². The van der Waals surface area contributed by atoms with Crippen LogP contribution >= 0.6 is 0 Å². The van der Waals surface area contributed by atoms with Crippen molar-refractivity contribution in [3.63, 3.8) is 0 Å². The van der Waals surface area contributed by atoms with Crippen molar-refractivity contribution in [3.8, 4) is 11.5 Å². The van der Waals surface area contributed by atoms with Crippen LogP contribution in [0.5, 0.6) is 11.5 Å². The number of rotatable bonds is 9. The predicted molar refractivity (Wildman–Crippen MR) is 139 cm³/mol. The molecule has 0 heterocycles. The lowest BCUT2D eigenvalue weighted by molar-refractivity contribution is -0.138. The van der Waals surface area contributed by atoms with Crippen LogP contribution in [0.3, 0.4) is 0 Å². The van der Waals surface area contributed by atoms with Crippen LogP contribution in [0.25, 0.3) is 0 Å². The minimum absolute atomic E-state index is 0.0163. The molecule has 1 aliphatic carbocycles. The molecule has 7 nitrogen and oxygen atoms in total. The molecule has 12 heteroatoms. The minimum Gasteiger partial charge on any atom is -0.456 e. The third-order valence-corrected chi connectivity index (χ3v) is 6.49. The molecule has 2 amide bonds. The molecule has 0 aliphatic heterocycles. The Labute approximate surface area is 232 Å². The maximum Gasteiger partial charge on any atom is 0.416 e. The Bertz CT molecular complexity index is 1470. The van der Waals surface area contributed by atoms with E-state index in [2.05, 4.69) is 5.32 Å². The maximum absolute atomic E-state index is 14.7. The summed E-state index contributed by atoms with van der Waals surface area (Å²) in [6.07, 6.45) is -7.44. The number of aryl methyl sites for hydroxylation is 1. The summed E-state index contributed by atoms with van der Waals surface area (Å²) < 4.78 is 81.2. The second-order valence-corrected chi connectivity index (χ2v) is 9.92. The number of nitrogens with two attached hydrogens (primary N) is 1. The van der Waals surface area contributed by atoms with E-state index in [1.54, 1.807) is 6.92 Å². The minimum atomic E-state index is -4.76. The van der Waals surface area contributed by atoms with E-state index in [0.29, 0.717) is 24.5 Å². The first-order valence-corrected chi connectivity index (χ1v) is 12.7. The first-order valence-electron chi connectivity index (χ1n) is 12.7. The lowest BCUT2D eigenvalue weighted by Crippen LogP contribution is -2.21. The van der Waals surface area contributed by atoms with Gasteiger partial charge in [-0.2, -0.15) is 13.2 Å². The molecular weight excluding hydrogens is 551 g/mol. The Morgan fingerprint density at radius 2 is 1.78 bits per heavy atom. The molecule has 1 fully saturated rings. The van der Waals surface area contributed by atoms with Crippen molar-refractivity contribution in [1.82, 2.24) is 0 Å². The Kier molecular flexibility index (Phi) is 8.52. The highest BCUT2D eigenvalue weighted by Gasteiger charge is 2.40. The van der Waals surface area contributed by atoms with Crippen LogP contribution in [0.1, 0.15) is 70.8 Å². The van der Waals surface area contributed by atoms with Crippen molar-refractivity contribution in [3.05, 3.63) is 88.0 Å². The number of benzene rings is 3. The average Bonchev–Trinajstić information content (AvgIpc) is 3.70. The Balaban J connectivity index is 1.75. The summed E-state index contributed by atoms with van der Waals surface area (Å²) >= 11 is 0. The van der Waals surface area contributed by atoms with Gasteiger partial charge in [-0.05, 0) is 92.3 Å². The fraction of sp³-hybridized carbons (Fsp3) is 0.310. The van der Waals surface area contributed by atoms with Gasteiger partial charge in [0.25, 0.3) is 5.91 Å². The molecule has 218 valence electrons. The number of aliphatic hydroxyl groups excluding tert-OH is 1. The number of hydrogen-bond donors (Lipinski definition) is 3. The molecule has 4 N–H and O–H groups in total. The zero-order valence-electron chi connectivity index (χ0n) is 22.0. The average molecular weight is 579 g/mol. The van der Waals surface area contributed by atoms with Crippen molar-refractivity contribution in [2.45, 2.75) is 57.4 Å². The van der Waals surface area contributed by atoms with Gasteiger partial charge in [0.15, 0.2) is 0 Å². The Morgan fingerprint density at radius 1 is 1.07 bits per heavy atom. The van der Waals surface area contributed by atoms with E-state index in [-0.39, 0.29) is 40.7 Å². The highest BCUT2D eigenvalue weighted by atomic mass is 19.4. The molecule has 2 unspecified atom stereocenters. The van der Waals surface area contributed by atoms with Gasteiger partial charge in [-0.3, -0.25) is 4.79 Å². The summed E-state index contributed by atoms with van der Waals surface area (Å²) in [5, 5.41) is 12.2. The molecule has 4 rings (SSSR count). The number of amides is 2. The lowest BCUT2D eigenvalue weighted by Gasteiger charge is -2.21. The summed E-state index contributed by atoms with van der Waals surface area (Å²) in [5.74, 6) is -2.78. The highest BCUT2D eigenvalue weighted by Crippen LogP contribution is 2.48. The van der Waals surface area contributed by atoms with Crippen LogP contribution in [-0.2, 0) is 10.9 Å². The summed E-state index contributed by atoms with van der Waals surface area (Å²) in [6.45, 7) is 2.93. The van der Waals surface area contributed by atoms with E-state index in [4.69, 9.17) is 15.2 Å². The van der Waals surface area contributed by atoms with Gasteiger partial charge in [0, 0.05) is 17.7 Å². The molecule has 0 radical (unpaired) electrons. The first-order chi connectivity index (χ1) is 19.2. The third-order valence-electron chi connectivity index (χ3n) is 6.49. The van der Waals surface area contributed by atoms with Crippen LogP contribution in [0.2, 0.25) is 0 Å². The van der Waals surface area contributed by atoms with E-state index >= 15 is 0 Å². The summed E-state index contributed by atoms with van der Waals surface area (Å²) in [4.78, 5) is 24.8. The third kappa shape index (κ3) is 7.31. The number of carbonyl (C=O) groups is 2. The summed E-state index contributed by atoms with van der Waals surface area (Å²) in [6, 6.07) is 8.72. The molecule has 41 heavy (non-hydrogen) atoms. The molecule has 0 spiro atoms. The van der Waals surface area contributed by atoms with E-state index in [9.17, 15) is 36.6 Å². The van der Waals surface area contributed by atoms with Gasteiger partial charge in [-0.25, -0.2) is 13.6 Å². The van der Waals surface area contributed by atoms with Gasteiger partial charge in [0.05, 0.1) is 17.2 Å². The second-order valence-electron chi connectivity index (χ2n) is 9.92. The molecule has 3 aromatic carbocycles. The van der Waals surface area contributed by atoms with E-state index in [1.807, 2.05) is 0 Å². The number of hydrogen-bond acceptors (Lipinski definition) is 5. The van der Waals surface area contributed by atoms with Gasteiger partial charge in [0.1, 0.15) is 29.2 Å². The molecule has 1 aliphatic rings. The maximum atomic E-state index is 14.7. The summed E-state index contributed by atoms with van der Waals surface area (Å²) in [5.41, 5.74) is 3.69. The molecule has 0 bridgehead atoms. The molecule has 0 aromatic heterocycles. The SMILES string of the molecule is Cc1cc(F)ccc1Oc1cc(C2CC2)c(C(F)(F)F)cc1C(=O)Nc1ccc(F)c(C(CC(C)O)OC(N)=O)c1. The van der Waals surface area contributed by atoms with Gasteiger partial charge < -0.3 is 25.6 Å². The molecule has 0 saturated heterocycles. The van der Waals surface area contributed by atoms with Crippen LogP contribution in [0.4, 0.5) is 32.4 Å². The topological polar surface area (TPSA) is 111 Å². The molecule has 3 aromatic rings. The van der Waals surface area contributed by atoms with Crippen molar-refractivity contribution < 1.29 is 46.1 Å². The number of primary amides is 1. The Morgan fingerprint density at radius 3 is 2.37 bits per heavy atom. The highest BCUT2D eigenvalue weighted by molar-refractivity contribution is 6.06. The standard InChI is InChI=1S/C29H27F5N2O5/c1-14-9-17(30)5-8-24(14)40-26-13-19(16-3-4-16)22(29(32,33)34)12-21(26)27(38)36-18-6-7-23(31)20(11-18)25(10-15(2)37)41-28(35)39/h5-9,11-13,15-16,25,37H,3-4,10H2,1-2H3,(H2,35,39)(H,36,38). The van der Waals surface area contributed by atoms with Gasteiger partial charge in [-0.15, -0.1) is 0 Å². The number of aliphatic hydroxyl groups is 1. The number of carbonyl (C=O) groups excluding carboxylic acids is 2. The number of ether oxygens (including phenoxy) is 2. The number of anilines is 1. The number of alkyl halides is 3. The smallest absolute Gasteiger partial charge is 0.416 e. The van der Waals surface area contributed by atoms with Crippen LogP contribution < -0.4 is 15.8 Å². The number of halogens is 5. The van der Waals surface area contributed by atoms with E-state index in [0.717, 1.165) is 24.3 Å². The molecule has 1 saturated carbocycles. The first kappa shape index (κ1) is 29.8. The summed E-state index contributed by atoms with van der Waals surface area (Å²) in [7, 11) is 0. The van der Waals surface area contributed by atoms with Crippen molar-refractivity contribution in [2.24, 2.45) is 5.73 Å². The molecule has 2 atom stereocenters. The predicted octanol–water partition coefficient (Wildman–Crippen LogP) is 7.12. The fourth-order valence-electron chi connectivity index (χ4n) is 4.44. The number of nitrogens with one attached hydrogen (secondary N) is 1. The molecular formula is C29H27F5N2O5. The normalized spacial score (nSPS) is 14.7. The van der Waals surface area contributed by atoms with E-state index in [1.165, 1.54) is 25.1 Å². The van der Waals surface area contributed by atoms with Crippen molar-refractivity contribution in [1.29, 1.82) is 0 Å². The van der Waals surface area contributed by atoms with Crippen LogP contribution in [0, 0.1) is 18.6 Å². The van der Waals surface area contributed by atoms with Crippen LogP contribution in [-0.4, -0.2) is 23.2 Å². The largest absolute Gasteiger partial charge is 0.456 e. The van der Waals surface area contributed by atoms with Crippen molar-refractivity contribution >= 4 is 17.7 Å². The van der Waals surface area contributed by atoms with Gasteiger partial charge in [-0.1, -0.05) is 0 Å².